The number of rotatable bonds is 2. The second-order valence-electron chi connectivity index (χ2n) is 4.95. The SMILES string of the molecule is CC1(C)CCCN(NC=O)C1(C)C. The molecule has 1 amide bonds. The monoisotopic (exact) mass is 184 g/mol. The Kier molecular flexibility index (Phi) is 2.66. The van der Waals surface area contributed by atoms with Crippen LogP contribution in [0.1, 0.15) is 40.5 Å². The molecule has 0 bridgehead atoms. The zero-order chi connectivity index (χ0) is 10.1. The van der Waals surface area contributed by atoms with Crippen molar-refractivity contribution < 1.29 is 4.79 Å². The van der Waals surface area contributed by atoms with Gasteiger partial charge in [-0.1, -0.05) is 13.8 Å². The van der Waals surface area contributed by atoms with Crippen molar-refractivity contribution in [2.24, 2.45) is 5.41 Å². The first kappa shape index (κ1) is 10.5. The average molecular weight is 184 g/mol. The van der Waals surface area contributed by atoms with Gasteiger partial charge in [0.15, 0.2) is 0 Å². The summed E-state index contributed by atoms with van der Waals surface area (Å²) in [6.45, 7) is 9.83. The van der Waals surface area contributed by atoms with Crippen molar-refractivity contribution in [3.63, 3.8) is 0 Å². The molecule has 1 aliphatic heterocycles. The molecule has 0 aliphatic carbocycles. The number of nitrogens with zero attached hydrogens (tertiary/aromatic N) is 1. The van der Waals surface area contributed by atoms with Crippen LogP contribution in [-0.4, -0.2) is 23.5 Å². The molecule has 0 aromatic rings. The molecule has 1 heterocycles. The molecule has 1 aliphatic rings. The third kappa shape index (κ3) is 1.70. The smallest absolute Gasteiger partial charge is 0.221 e. The van der Waals surface area contributed by atoms with Gasteiger partial charge in [-0.25, -0.2) is 5.01 Å². The summed E-state index contributed by atoms with van der Waals surface area (Å²) in [7, 11) is 0. The van der Waals surface area contributed by atoms with Gasteiger partial charge in [-0.15, -0.1) is 0 Å². The molecule has 0 saturated carbocycles. The van der Waals surface area contributed by atoms with E-state index in [1.165, 1.54) is 6.42 Å². The maximum absolute atomic E-state index is 10.4. The van der Waals surface area contributed by atoms with Crippen molar-refractivity contribution in [2.45, 2.75) is 46.1 Å². The summed E-state index contributed by atoms with van der Waals surface area (Å²) in [5.41, 5.74) is 3.07. The summed E-state index contributed by atoms with van der Waals surface area (Å²) < 4.78 is 0. The van der Waals surface area contributed by atoms with E-state index in [1.54, 1.807) is 0 Å². The molecule has 13 heavy (non-hydrogen) atoms. The molecule has 76 valence electrons. The first-order chi connectivity index (χ1) is 5.92. The van der Waals surface area contributed by atoms with Gasteiger partial charge in [-0.05, 0) is 32.1 Å². The van der Waals surface area contributed by atoms with Crippen LogP contribution >= 0.6 is 0 Å². The number of hydrazine groups is 1. The summed E-state index contributed by atoms with van der Waals surface area (Å²) in [5, 5.41) is 2.05. The number of carbonyl (C=O) groups excluding carboxylic acids is 1. The fourth-order valence-electron chi connectivity index (χ4n) is 1.92. The Labute approximate surface area is 80.5 Å². The van der Waals surface area contributed by atoms with Gasteiger partial charge in [0.25, 0.3) is 0 Å². The van der Waals surface area contributed by atoms with Gasteiger partial charge in [0.1, 0.15) is 0 Å². The van der Waals surface area contributed by atoms with Crippen LogP contribution in [0, 0.1) is 5.41 Å². The number of hydrogen-bond acceptors (Lipinski definition) is 2. The van der Waals surface area contributed by atoms with E-state index in [4.69, 9.17) is 0 Å². The first-order valence-corrected chi connectivity index (χ1v) is 4.89. The van der Waals surface area contributed by atoms with Crippen molar-refractivity contribution in [2.75, 3.05) is 6.54 Å². The highest BCUT2D eigenvalue weighted by Gasteiger charge is 2.44. The highest BCUT2D eigenvalue weighted by atomic mass is 16.1. The van der Waals surface area contributed by atoms with E-state index in [0.29, 0.717) is 0 Å². The van der Waals surface area contributed by atoms with Crippen LogP contribution < -0.4 is 5.43 Å². The Morgan fingerprint density at radius 2 is 1.92 bits per heavy atom. The quantitative estimate of drug-likeness (QED) is 0.660. The number of hydrogen-bond donors (Lipinski definition) is 1. The van der Waals surface area contributed by atoms with Crippen LogP contribution in [0.5, 0.6) is 0 Å². The molecule has 0 aromatic carbocycles. The number of nitrogens with one attached hydrogen (secondary N) is 1. The van der Waals surface area contributed by atoms with Gasteiger partial charge < -0.3 is 0 Å². The maximum Gasteiger partial charge on any atom is 0.221 e. The molecule has 1 rings (SSSR count). The van der Waals surface area contributed by atoms with Crippen molar-refractivity contribution in [3.05, 3.63) is 0 Å². The highest BCUT2D eigenvalue weighted by Crippen LogP contribution is 2.42. The Morgan fingerprint density at radius 1 is 1.31 bits per heavy atom. The van der Waals surface area contributed by atoms with Gasteiger partial charge in [-0.3, -0.25) is 10.2 Å². The van der Waals surface area contributed by atoms with Crippen LogP contribution in [0.3, 0.4) is 0 Å². The second-order valence-corrected chi connectivity index (χ2v) is 4.95. The Morgan fingerprint density at radius 3 is 2.46 bits per heavy atom. The standard InChI is InChI=1S/C10H20N2O/c1-9(2)6-5-7-12(11-8-13)10(9,3)4/h8H,5-7H2,1-4H3,(H,11,13). The topological polar surface area (TPSA) is 32.3 Å². The summed E-state index contributed by atoms with van der Waals surface area (Å²) >= 11 is 0. The van der Waals surface area contributed by atoms with Crippen molar-refractivity contribution in [1.82, 2.24) is 10.4 Å². The summed E-state index contributed by atoms with van der Waals surface area (Å²) in [6.07, 6.45) is 3.14. The van der Waals surface area contributed by atoms with E-state index in [1.807, 2.05) is 5.01 Å². The van der Waals surface area contributed by atoms with E-state index in [9.17, 15) is 4.79 Å². The summed E-state index contributed by atoms with van der Waals surface area (Å²) in [5.74, 6) is 0. The van der Waals surface area contributed by atoms with Crippen LogP contribution in [0.4, 0.5) is 0 Å². The van der Waals surface area contributed by atoms with Gasteiger partial charge in [0.05, 0.1) is 0 Å². The van der Waals surface area contributed by atoms with E-state index >= 15 is 0 Å². The minimum atomic E-state index is 0.0339. The third-order valence-corrected chi connectivity index (χ3v) is 3.72. The number of carbonyl (C=O) groups is 1. The van der Waals surface area contributed by atoms with Gasteiger partial charge in [0.2, 0.25) is 6.41 Å². The summed E-state index contributed by atoms with van der Waals surface area (Å²) in [4.78, 5) is 10.4. The molecule has 3 heteroatoms. The molecular weight excluding hydrogens is 164 g/mol. The Bertz CT molecular complexity index is 199. The van der Waals surface area contributed by atoms with E-state index in [2.05, 4.69) is 33.1 Å². The zero-order valence-electron chi connectivity index (χ0n) is 9.05. The minimum absolute atomic E-state index is 0.0339. The molecular formula is C10H20N2O. The van der Waals surface area contributed by atoms with Gasteiger partial charge >= 0.3 is 0 Å². The van der Waals surface area contributed by atoms with E-state index < -0.39 is 0 Å². The lowest BCUT2D eigenvalue weighted by Gasteiger charge is -2.52. The zero-order valence-corrected chi connectivity index (χ0v) is 9.05. The van der Waals surface area contributed by atoms with Gasteiger partial charge in [-0.2, -0.15) is 0 Å². The Balaban J connectivity index is 2.81. The first-order valence-electron chi connectivity index (χ1n) is 4.89. The molecule has 0 unspecified atom stereocenters. The van der Waals surface area contributed by atoms with Gasteiger partial charge in [0, 0.05) is 12.1 Å². The fraction of sp³-hybridized carbons (Fsp3) is 0.900. The van der Waals surface area contributed by atoms with E-state index in [0.717, 1.165) is 19.4 Å². The molecule has 0 spiro atoms. The maximum atomic E-state index is 10.4. The van der Waals surface area contributed by atoms with Crippen molar-refractivity contribution in [3.8, 4) is 0 Å². The molecule has 1 saturated heterocycles. The summed E-state index contributed by atoms with van der Waals surface area (Å²) in [6, 6.07) is 0. The minimum Gasteiger partial charge on any atom is -0.291 e. The molecule has 0 atom stereocenters. The third-order valence-electron chi connectivity index (χ3n) is 3.72. The molecule has 0 aromatic heterocycles. The Hall–Kier alpha value is -0.570. The molecule has 1 N–H and O–H groups in total. The van der Waals surface area contributed by atoms with Crippen LogP contribution in [0.15, 0.2) is 0 Å². The lowest BCUT2D eigenvalue weighted by Crippen LogP contribution is -2.62. The second kappa shape index (κ2) is 3.29. The van der Waals surface area contributed by atoms with Crippen LogP contribution in [-0.2, 0) is 4.79 Å². The normalized spacial score (nSPS) is 26.8. The number of piperidine rings is 1. The van der Waals surface area contributed by atoms with Crippen LogP contribution in [0.2, 0.25) is 0 Å². The fourth-order valence-corrected chi connectivity index (χ4v) is 1.92. The predicted octanol–water partition coefficient (Wildman–Crippen LogP) is 1.55. The number of amides is 1. The molecule has 1 fully saturated rings. The molecule has 0 radical (unpaired) electrons. The van der Waals surface area contributed by atoms with E-state index in [-0.39, 0.29) is 11.0 Å². The predicted molar refractivity (Wildman–Crippen MR) is 53.0 cm³/mol. The lowest BCUT2D eigenvalue weighted by molar-refractivity contribution is -0.123. The lowest BCUT2D eigenvalue weighted by atomic mass is 9.69. The van der Waals surface area contributed by atoms with Crippen LogP contribution in [0.25, 0.3) is 0 Å². The molecule has 3 nitrogen and oxygen atoms in total. The highest BCUT2D eigenvalue weighted by molar-refractivity contribution is 5.45. The van der Waals surface area contributed by atoms with Crippen molar-refractivity contribution >= 4 is 6.41 Å². The largest absolute Gasteiger partial charge is 0.291 e. The van der Waals surface area contributed by atoms with Crippen molar-refractivity contribution in [1.29, 1.82) is 0 Å². The average Bonchev–Trinajstić information content (AvgIpc) is 2.00.